The van der Waals surface area contributed by atoms with E-state index in [0.29, 0.717) is 6.42 Å². The zero-order valence-corrected chi connectivity index (χ0v) is 7.55. The van der Waals surface area contributed by atoms with Crippen molar-refractivity contribution in [1.29, 1.82) is 0 Å². The molecule has 1 unspecified atom stereocenters. The van der Waals surface area contributed by atoms with Gasteiger partial charge in [-0.05, 0) is 26.5 Å². The van der Waals surface area contributed by atoms with Gasteiger partial charge in [0.25, 0.3) is 0 Å². The number of rotatable bonds is 2. The fourth-order valence-corrected chi connectivity index (χ4v) is 1.32. The van der Waals surface area contributed by atoms with Gasteiger partial charge in [-0.15, -0.1) is 0 Å². The molecule has 1 atom stereocenters. The molecule has 12 heavy (non-hydrogen) atoms. The van der Waals surface area contributed by atoms with Gasteiger partial charge in [-0.25, -0.2) is 4.39 Å². The van der Waals surface area contributed by atoms with Crippen LogP contribution in [0.5, 0.6) is 0 Å². The second-order valence-corrected chi connectivity index (χ2v) is 2.88. The molecule has 1 nitrogen and oxygen atoms in total. The van der Waals surface area contributed by atoms with Crippen LogP contribution in [0.1, 0.15) is 26.7 Å². The average molecular weight is 167 g/mol. The highest BCUT2D eigenvalue weighted by atomic mass is 19.1. The summed E-state index contributed by atoms with van der Waals surface area (Å²) in [6, 6.07) is -0.0356. The fourth-order valence-electron chi connectivity index (χ4n) is 1.32. The molecule has 1 rings (SSSR count). The number of halogens is 1. The van der Waals surface area contributed by atoms with Crippen LogP contribution >= 0.6 is 0 Å². The van der Waals surface area contributed by atoms with Crippen LogP contribution in [0.4, 0.5) is 4.39 Å². The fraction of sp³-hybridized carbons (Fsp3) is 0.500. The molecule has 0 bridgehead atoms. The average Bonchev–Trinajstić information content (AvgIpc) is 2.05. The molecule has 0 saturated heterocycles. The minimum atomic E-state index is -0.0356. The predicted octanol–water partition coefficient (Wildman–Crippen LogP) is 3.04. The first kappa shape index (κ1) is 9.17. The van der Waals surface area contributed by atoms with Gasteiger partial charge in [0.15, 0.2) is 0 Å². The first-order valence-electron chi connectivity index (χ1n) is 4.28. The third kappa shape index (κ3) is 2.03. The first-order chi connectivity index (χ1) is 5.75. The minimum Gasteiger partial charge on any atom is -0.290 e. The molecule has 0 aromatic carbocycles. The number of allylic oxidation sites excluding steroid dienone is 2. The van der Waals surface area contributed by atoms with Gasteiger partial charge in [0.1, 0.15) is 5.83 Å². The maximum Gasteiger partial charge on any atom is 0.106 e. The lowest BCUT2D eigenvalue weighted by molar-refractivity contribution is 0.566. The summed E-state index contributed by atoms with van der Waals surface area (Å²) < 4.78 is 13.2. The van der Waals surface area contributed by atoms with E-state index in [2.05, 4.69) is 4.99 Å². The summed E-state index contributed by atoms with van der Waals surface area (Å²) in [7, 11) is 0. The van der Waals surface area contributed by atoms with Gasteiger partial charge in [0.2, 0.25) is 0 Å². The van der Waals surface area contributed by atoms with Crippen LogP contribution in [0.3, 0.4) is 0 Å². The van der Waals surface area contributed by atoms with E-state index in [1.807, 2.05) is 26.0 Å². The smallest absolute Gasteiger partial charge is 0.106 e. The van der Waals surface area contributed by atoms with Crippen LogP contribution in [0.15, 0.2) is 28.5 Å². The maximum atomic E-state index is 13.2. The maximum absolute atomic E-state index is 13.2. The second-order valence-electron chi connectivity index (χ2n) is 2.88. The van der Waals surface area contributed by atoms with Gasteiger partial charge in [-0.2, -0.15) is 0 Å². The van der Waals surface area contributed by atoms with Crippen LogP contribution in [-0.4, -0.2) is 12.3 Å². The Morgan fingerprint density at radius 3 is 3.00 bits per heavy atom. The van der Waals surface area contributed by atoms with Crippen LogP contribution in [0.2, 0.25) is 0 Å². The zero-order valence-electron chi connectivity index (χ0n) is 7.55. The van der Waals surface area contributed by atoms with E-state index in [9.17, 15) is 4.39 Å². The monoisotopic (exact) mass is 167 g/mol. The third-order valence-electron chi connectivity index (χ3n) is 1.96. The van der Waals surface area contributed by atoms with E-state index in [4.69, 9.17) is 0 Å². The number of hydrogen-bond donors (Lipinski definition) is 0. The zero-order chi connectivity index (χ0) is 8.97. The van der Waals surface area contributed by atoms with Gasteiger partial charge in [-0.3, -0.25) is 4.99 Å². The Bertz CT molecular complexity index is 238. The summed E-state index contributed by atoms with van der Waals surface area (Å²) in [6.45, 7) is 3.76. The first-order valence-corrected chi connectivity index (χ1v) is 4.28. The molecule has 0 aromatic heterocycles. The van der Waals surface area contributed by atoms with Crippen molar-refractivity contribution in [3.05, 3.63) is 23.6 Å². The van der Waals surface area contributed by atoms with Gasteiger partial charge >= 0.3 is 0 Å². The Balaban J connectivity index is 2.78. The van der Waals surface area contributed by atoms with Crippen molar-refractivity contribution in [1.82, 2.24) is 0 Å². The van der Waals surface area contributed by atoms with Gasteiger partial charge in [-0.1, -0.05) is 12.2 Å². The quantitative estimate of drug-likeness (QED) is 0.560. The van der Waals surface area contributed by atoms with Crippen molar-refractivity contribution < 1.29 is 4.39 Å². The minimum absolute atomic E-state index is 0.00407. The van der Waals surface area contributed by atoms with Crippen LogP contribution in [0.25, 0.3) is 0 Å². The van der Waals surface area contributed by atoms with Crippen molar-refractivity contribution in [3.63, 3.8) is 0 Å². The summed E-state index contributed by atoms with van der Waals surface area (Å²) >= 11 is 0. The molecule has 0 saturated carbocycles. The molecule has 0 spiro atoms. The normalized spacial score (nSPS) is 20.6. The standard InChI is InChI=1S/C10H14FN/c1-3-12-8(2)9-6-4-5-7-10(9)11/h3-4,6,8H,5,7H2,1-2H3. The number of hydrogen-bond acceptors (Lipinski definition) is 1. The summed E-state index contributed by atoms with van der Waals surface area (Å²) in [5.41, 5.74) is 0.736. The molecule has 0 heterocycles. The molecule has 1 aliphatic rings. The Labute approximate surface area is 72.7 Å². The summed E-state index contributed by atoms with van der Waals surface area (Å²) in [4.78, 5) is 4.12. The van der Waals surface area contributed by atoms with E-state index in [-0.39, 0.29) is 11.9 Å². The molecule has 0 fully saturated rings. The molecule has 0 radical (unpaired) electrons. The number of aliphatic imine (C=N–C) groups is 1. The molecule has 0 N–H and O–H groups in total. The SMILES string of the molecule is CC=NC(C)C1=C(F)CCC=C1. The molecule has 66 valence electrons. The Morgan fingerprint density at radius 2 is 2.42 bits per heavy atom. The van der Waals surface area contributed by atoms with Crippen molar-refractivity contribution >= 4 is 6.21 Å². The van der Waals surface area contributed by atoms with E-state index in [1.165, 1.54) is 0 Å². The Hall–Kier alpha value is -0.920. The van der Waals surface area contributed by atoms with E-state index >= 15 is 0 Å². The largest absolute Gasteiger partial charge is 0.290 e. The molecular formula is C10H14FN. The lowest BCUT2D eigenvalue weighted by Crippen LogP contribution is -2.05. The van der Waals surface area contributed by atoms with Crippen molar-refractivity contribution in [3.8, 4) is 0 Å². The molecule has 0 aromatic rings. The number of nitrogens with zero attached hydrogens (tertiary/aromatic N) is 1. The highest BCUT2D eigenvalue weighted by molar-refractivity contribution is 5.54. The van der Waals surface area contributed by atoms with Crippen LogP contribution < -0.4 is 0 Å². The molecule has 2 heteroatoms. The second kappa shape index (κ2) is 4.19. The highest BCUT2D eigenvalue weighted by Gasteiger charge is 2.12. The van der Waals surface area contributed by atoms with Crippen molar-refractivity contribution in [2.24, 2.45) is 4.99 Å². The summed E-state index contributed by atoms with van der Waals surface area (Å²) in [5.74, 6) is -0.00407. The van der Waals surface area contributed by atoms with E-state index in [1.54, 1.807) is 6.21 Å². The van der Waals surface area contributed by atoms with Gasteiger partial charge in [0.05, 0.1) is 6.04 Å². The van der Waals surface area contributed by atoms with Crippen LogP contribution in [0, 0.1) is 0 Å². The van der Waals surface area contributed by atoms with Gasteiger partial charge < -0.3 is 0 Å². The van der Waals surface area contributed by atoms with E-state index < -0.39 is 0 Å². The molecule has 0 amide bonds. The molecule has 1 aliphatic carbocycles. The van der Waals surface area contributed by atoms with E-state index in [0.717, 1.165) is 12.0 Å². The topological polar surface area (TPSA) is 12.4 Å². The Kier molecular flexibility index (Phi) is 3.20. The summed E-state index contributed by atoms with van der Waals surface area (Å²) in [6.07, 6.45) is 6.91. The Morgan fingerprint density at radius 1 is 1.67 bits per heavy atom. The third-order valence-corrected chi connectivity index (χ3v) is 1.96. The van der Waals surface area contributed by atoms with Gasteiger partial charge in [0, 0.05) is 12.0 Å². The van der Waals surface area contributed by atoms with Crippen molar-refractivity contribution in [2.75, 3.05) is 0 Å². The molecule has 0 aliphatic heterocycles. The molecular weight excluding hydrogens is 153 g/mol. The highest BCUT2D eigenvalue weighted by Crippen LogP contribution is 2.23. The lowest BCUT2D eigenvalue weighted by atomic mass is 10.0. The summed E-state index contributed by atoms with van der Waals surface area (Å²) in [5, 5.41) is 0. The van der Waals surface area contributed by atoms with Crippen molar-refractivity contribution in [2.45, 2.75) is 32.7 Å². The predicted molar refractivity (Wildman–Crippen MR) is 50.1 cm³/mol. The lowest BCUT2D eigenvalue weighted by Gasteiger charge is -2.12. The van der Waals surface area contributed by atoms with Crippen LogP contribution in [-0.2, 0) is 0 Å².